The van der Waals surface area contributed by atoms with Crippen LogP contribution in [0.5, 0.6) is 0 Å². The molecule has 0 amide bonds. The van der Waals surface area contributed by atoms with E-state index in [9.17, 15) is 0 Å². The monoisotopic (exact) mass is 233 g/mol. The van der Waals surface area contributed by atoms with Gasteiger partial charge in [-0.05, 0) is 19.4 Å². The van der Waals surface area contributed by atoms with Crippen molar-refractivity contribution in [2.75, 3.05) is 19.6 Å². The number of hydrogen-bond donors (Lipinski definition) is 2. The average molecular weight is 233 g/mol. The van der Waals surface area contributed by atoms with Gasteiger partial charge < -0.3 is 10.6 Å². The highest BCUT2D eigenvalue weighted by atomic mass is 15.2. The van der Waals surface area contributed by atoms with Crippen molar-refractivity contribution in [2.24, 2.45) is 4.99 Å². The normalized spacial score (nSPS) is 11.7. The zero-order chi connectivity index (χ0) is 12.5. The second-order valence-electron chi connectivity index (χ2n) is 4.06. The van der Waals surface area contributed by atoms with E-state index in [0.717, 1.165) is 25.6 Å². The molecular weight excluding hydrogens is 210 g/mol. The van der Waals surface area contributed by atoms with Crippen LogP contribution in [0.3, 0.4) is 0 Å². The molecule has 94 valence electrons. The van der Waals surface area contributed by atoms with Gasteiger partial charge in [0.15, 0.2) is 5.96 Å². The maximum atomic E-state index is 4.57. The molecule has 0 heterocycles. The summed E-state index contributed by atoms with van der Waals surface area (Å²) in [6.45, 7) is 8.95. The molecule has 3 heteroatoms. The SMILES string of the molecule is CCNC(=NCC(C)c1ccccc1)NCC. The van der Waals surface area contributed by atoms with E-state index in [2.05, 4.69) is 60.7 Å². The summed E-state index contributed by atoms with van der Waals surface area (Å²) in [6, 6.07) is 10.5. The third kappa shape index (κ3) is 4.89. The maximum Gasteiger partial charge on any atom is 0.191 e. The van der Waals surface area contributed by atoms with Gasteiger partial charge in [-0.2, -0.15) is 0 Å². The van der Waals surface area contributed by atoms with Crippen molar-refractivity contribution in [3.05, 3.63) is 35.9 Å². The topological polar surface area (TPSA) is 36.4 Å². The number of hydrogen-bond acceptors (Lipinski definition) is 1. The molecule has 1 unspecified atom stereocenters. The summed E-state index contributed by atoms with van der Waals surface area (Å²) < 4.78 is 0. The average Bonchev–Trinajstić information content (AvgIpc) is 2.37. The Kier molecular flexibility index (Phi) is 6.15. The highest BCUT2D eigenvalue weighted by Crippen LogP contribution is 2.14. The lowest BCUT2D eigenvalue weighted by molar-refractivity contribution is 0.753. The Balaban J connectivity index is 2.55. The first-order valence-electron chi connectivity index (χ1n) is 6.35. The number of benzene rings is 1. The van der Waals surface area contributed by atoms with Gasteiger partial charge in [0.1, 0.15) is 0 Å². The first-order chi connectivity index (χ1) is 8.27. The Morgan fingerprint density at radius 3 is 2.24 bits per heavy atom. The van der Waals surface area contributed by atoms with Gasteiger partial charge in [-0.15, -0.1) is 0 Å². The number of nitrogens with zero attached hydrogens (tertiary/aromatic N) is 1. The predicted octanol–water partition coefficient (Wildman–Crippen LogP) is 2.37. The van der Waals surface area contributed by atoms with Crippen molar-refractivity contribution >= 4 is 5.96 Å². The summed E-state index contributed by atoms with van der Waals surface area (Å²) in [5.41, 5.74) is 1.34. The Hall–Kier alpha value is -1.51. The van der Waals surface area contributed by atoms with E-state index in [1.54, 1.807) is 0 Å². The fourth-order valence-corrected chi connectivity index (χ4v) is 1.62. The van der Waals surface area contributed by atoms with Crippen molar-refractivity contribution in [3.8, 4) is 0 Å². The maximum absolute atomic E-state index is 4.57. The van der Waals surface area contributed by atoms with Gasteiger partial charge in [0, 0.05) is 25.6 Å². The molecular formula is C14H23N3. The number of aliphatic imine (C=N–C) groups is 1. The molecule has 3 nitrogen and oxygen atoms in total. The van der Waals surface area contributed by atoms with Crippen molar-refractivity contribution in [2.45, 2.75) is 26.7 Å². The minimum Gasteiger partial charge on any atom is -0.357 e. The molecule has 0 aromatic heterocycles. The molecule has 1 aromatic rings. The van der Waals surface area contributed by atoms with Gasteiger partial charge in [-0.1, -0.05) is 37.3 Å². The van der Waals surface area contributed by atoms with Crippen LogP contribution >= 0.6 is 0 Å². The van der Waals surface area contributed by atoms with E-state index in [-0.39, 0.29) is 0 Å². The summed E-state index contributed by atoms with van der Waals surface area (Å²) in [4.78, 5) is 4.57. The first-order valence-corrected chi connectivity index (χ1v) is 6.35. The highest BCUT2D eigenvalue weighted by molar-refractivity contribution is 5.79. The van der Waals surface area contributed by atoms with Crippen LogP contribution in [0.15, 0.2) is 35.3 Å². The van der Waals surface area contributed by atoms with Gasteiger partial charge in [0.05, 0.1) is 0 Å². The highest BCUT2D eigenvalue weighted by Gasteiger charge is 2.04. The lowest BCUT2D eigenvalue weighted by Gasteiger charge is -2.12. The van der Waals surface area contributed by atoms with E-state index in [1.165, 1.54) is 5.56 Å². The molecule has 0 aliphatic rings. The Morgan fingerprint density at radius 2 is 1.71 bits per heavy atom. The van der Waals surface area contributed by atoms with Crippen LogP contribution in [0.1, 0.15) is 32.3 Å². The van der Waals surface area contributed by atoms with E-state index in [4.69, 9.17) is 0 Å². The van der Waals surface area contributed by atoms with Gasteiger partial charge in [0.2, 0.25) is 0 Å². The smallest absolute Gasteiger partial charge is 0.191 e. The first kappa shape index (κ1) is 13.6. The standard InChI is InChI=1S/C14H23N3/c1-4-15-14(16-5-2)17-11-12(3)13-9-7-6-8-10-13/h6-10,12H,4-5,11H2,1-3H3,(H2,15,16,17). The second kappa shape index (κ2) is 7.71. The third-order valence-corrected chi connectivity index (χ3v) is 2.58. The van der Waals surface area contributed by atoms with E-state index in [1.807, 2.05) is 6.07 Å². The Morgan fingerprint density at radius 1 is 1.12 bits per heavy atom. The van der Waals surface area contributed by atoms with Gasteiger partial charge in [-0.3, -0.25) is 4.99 Å². The quantitative estimate of drug-likeness (QED) is 0.605. The van der Waals surface area contributed by atoms with Crippen LogP contribution < -0.4 is 10.6 Å². The van der Waals surface area contributed by atoms with E-state index in [0.29, 0.717) is 5.92 Å². The summed E-state index contributed by atoms with van der Waals surface area (Å²) in [5.74, 6) is 1.35. The molecule has 2 N–H and O–H groups in total. The zero-order valence-electron chi connectivity index (χ0n) is 11.0. The third-order valence-electron chi connectivity index (χ3n) is 2.58. The molecule has 1 rings (SSSR count). The molecule has 0 spiro atoms. The second-order valence-corrected chi connectivity index (χ2v) is 4.06. The summed E-state index contributed by atoms with van der Waals surface area (Å²) in [5, 5.41) is 6.46. The van der Waals surface area contributed by atoms with E-state index < -0.39 is 0 Å². The summed E-state index contributed by atoms with van der Waals surface area (Å²) in [7, 11) is 0. The largest absolute Gasteiger partial charge is 0.357 e. The zero-order valence-corrected chi connectivity index (χ0v) is 11.0. The summed E-state index contributed by atoms with van der Waals surface area (Å²) >= 11 is 0. The fourth-order valence-electron chi connectivity index (χ4n) is 1.62. The molecule has 0 bridgehead atoms. The number of guanidine groups is 1. The van der Waals surface area contributed by atoms with Gasteiger partial charge in [-0.25, -0.2) is 0 Å². The minimum atomic E-state index is 0.448. The lowest BCUT2D eigenvalue weighted by Crippen LogP contribution is -2.37. The fraction of sp³-hybridized carbons (Fsp3) is 0.500. The van der Waals surface area contributed by atoms with Crippen LogP contribution in [0.25, 0.3) is 0 Å². The molecule has 0 saturated heterocycles. The van der Waals surface area contributed by atoms with Crippen molar-refractivity contribution in [1.82, 2.24) is 10.6 Å². The van der Waals surface area contributed by atoms with Crippen LogP contribution in [0.4, 0.5) is 0 Å². The predicted molar refractivity (Wildman–Crippen MR) is 74.5 cm³/mol. The summed E-state index contributed by atoms with van der Waals surface area (Å²) in [6.07, 6.45) is 0. The molecule has 0 aliphatic carbocycles. The Bertz CT molecular complexity index is 325. The minimum absolute atomic E-state index is 0.448. The van der Waals surface area contributed by atoms with Crippen LogP contribution in [-0.2, 0) is 0 Å². The van der Waals surface area contributed by atoms with Crippen molar-refractivity contribution < 1.29 is 0 Å². The molecule has 1 aromatic carbocycles. The molecule has 0 saturated carbocycles. The van der Waals surface area contributed by atoms with Crippen LogP contribution in [-0.4, -0.2) is 25.6 Å². The van der Waals surface area contributed by atoms with Crippen LogP contribution in [0.2, 0.25) is 0 Å². The lowest BCUT2D eigenvalue weighted by atomic mass is 10.0. The molecule has 0 radical (unpaired) electrons. The van der Waals surface area contributed by atoms with Crippen molar-refractivity contribution in [3.63, 3.8) is 0 Å². The molecule has 0 aliphatic heterocycles. The van der Waals surface area contributed by atoms with Gasteiger partial charge in [0.25, 0.3) is 0 Å². The van der Waals surface area contributed by atoms with Gasteiger partial charge >= 0.3 is 0 Å². The molecule has 17 heavy (non-hydrogen) atoms. The molecule has 0 fully saturated rings. The molecule has 1 atom stereocenters. The van der Waals surface area contributed by atoms with Crippen LogP contribution in [0, 0.1) is 0 Å². The van der Waals surface area contributed by atoms with Crippen molar-refractivity contribution in [1.29, 1.82) is 0 Å². The van der Waals surface area contributed by atoms with E-state index >= 15 is 0 Å². The Labute approximate surface area is 104 Å². The number of rotatable bonds is 5. The number of nitrogens with one attached hydrogen (secondary N) is 2.